The summed E-state index contributed by atoms with van der Waals surface area (Å²) in [6.07, 6.45) is 7.99. The molecule has 21 heavy (non-hydrogen) atoms. The van der Waals surface area contributed by atoms with Crippen LogP contribution in [0.15, 0.2) is 18.2 Å². The van der Waals surface area contributed by atoms with Gasteiger partial charge in [0.25, 0.3) is 0 Å². The maximum absolute atomic E-state index is 10.6. The second kappa shape index (κ2) is 4.74. The Bertz CT molecular complexity index is 552. The first-order valence-electron chi connectivity index (χ1n) is 8.65. The minimum Gasteiger partial charge on any atom is -0.508 e. The van der Waals surface area contributed by atoms with Gasteiger partial charge in [-0.2, -0.15) is 0 Å². The van der Waals surface area contributed by atoms with Crippen LogP contribution in [0.4, 0.5) is 0 Å². The van der Waals surface area contributed by atoms with Gasteiger partial charge >= 0.3 is 0 Å². The Hall–Kier alpha value is -1.02. The van der Waals surface area contributed by atoms with Gasteiger partial charge in [-0.1, -0.05) is 13.0 Å². The lowest BCUT2D eigenvalue weighted by atomic mass is 9.54. The van der Waals surface area contributed by atoms with E-state index >= 15 is 0 Å². The summed E-state index contributed by atoms with van der Waals surface area (Å²) in [5, 5.41) is 20.3. The third-order valence-corrected chi connectivity index (χ3v) is 7.04. The Balaban J connectivity index is 1.71. The van der Waals surface area contributed by atoms with Crippen LogP contribution in [-0.4, -0.2) is 16.3 Å². The molecule has 2 heteroatoms. The predicted molar refractivity (Wildman–Crippen MR) is 83.3 cm³/mol. The molecule has 0 saturated heterocycles. The average molecular weight is 286 g/mol. The number of aryl methyl sites for hydroxylation is 1. The number of aromatic hydroxyl groups is 1. The fourth-order valence-corrected chi connectivity index (χ4v) is 6.03. The van der Waals surface area contributed by atoms with Crippen LogP contribution in [0.3, 0.4) is 0 Å². The van der Waals surface area contributed by atoms with Gasteiger partial charge in [-0.25, -0.2) is 0 Å². The summed E-state index contributed by atoms with van der Waals surface area (Å²) < 4.78 is 0. The molecule has 5 atom stereocenters. The van der Waals surface area contributed by atoms with Crippen molar-refractivity contribution in [3.63, 3.8) is 0 Å². The molecule has 2 fully saturated rings. The fourth-order valence-electron chi connectivity index (χ4n) is 6.03. The Morgan fingerprint density at radius 1 is 1.19 bits per heavy atom. The van der Waals surface area contributed by atoms with Crippen molar-refractivity contribution < 1.29 is 10.2 Å². The number of benzene rings is 1. The molecule has 0 aliphatic heterocycles. The highest BCUT2D eigenvalue weighted by molar-refractivity contribution is 5.40. The van der Waals surface area contributed by atoms with Gasteiger partial charge in [0.1, 0.15) is 5.75 Å². The smallest absolute Gasteiger partial charge is 0.115 e. The molecule has 0 radical (unpaired) electrons. The van der Waals surface area contributed by atoms with Gasteiger partial charge in [-0.05, 0) is 91.4 Å². The van der Waals surface area contributed by atoms with Crippen LogP contribution >= 0.6 is 0 Å². The molecule has 2 nitrogen and oxygen atoms in total. The molecule has 0 amide bonds. The van der Waals surface area contributed by atoms with Gasteiger partial charge in [-0.15, -0.1) is 0 Å². The highest BCUT2D eigenvalue weighted by Gasteiger charge is 2.55. The molecule has 2 saturated carbocycles. The minimum absolute atomic E-state index is 0.0744. The molecule has 0 spiro atoms. The fraction of sp³-hybridized carbons (Fsp3) is 0.684. The zero-order chi connectivity index (χ0) is 14.6. The largest absolute Gasteiger partial charge is 0.508 e. The molecule has 0 aromatic heterocycles. The van der Waals surface area contributed by atoms with E-state index in [1.807, 2.05) is 12.1 Å². The molecule has 1 aromatic carbocycles. The maximum atomic E-state index is 10.6. The van der Waals surface area contributed by atoms with Crippen molar-refractivity contribution in [3.8, 4) is 5.75 Å². The predicted octanol–water partition coefficient (Wildman–Crippen LogP) is 4.00. The van der Waals surface area contributed by atoms with E-state index in [9.17, 15) is 10.2 Å². The third-order valence-electron chi connectivity index (χ3n) is 7.04. The first-order valence-corrected chi connectivity index (χ1v) is 8.65. The number of hydrogen-bond donors (Lipinski definition) is 2. The zero-order valence-electron chi connectivity index (χ0n) is 12.9. The summed E-state index contributed by atoms with van der Waals surface area (Å²) in [7, 11) is 0. The van der Waals surface area contributed by atoms with E-state index in [2.05, 4.69) is 13.0 Å². The summed E-state index contributed by atoms with van der Waals surface area (Å²) in [6.45, 7) is 2.27. The summed E-state index contributed by atoms with van der Waals surface area (Å²) in [4.78, 5) is 0. The maximum Gasteiger partial charge on any atom is 0.115 e. The number of aliphatic hydroxyl groups excluding tert-OH is 1. The highest BCUT2D eigenvalue weighted by atomic mass is 16.3. The van der Waals surface area contributed by atoms with E-state index in [4.69, 9.17) is 0 Å². The molecule has 114 valence electrons. The van der Waals surface area contributed by atoms with Gasteiger partial charge < -0.3 is 10.2 Å². The lowest BCUT2D eigenvalue weighted by Gasteiger charge is -2.51. The number of hydrogen-bond acceptors (Lipinski definition) is 2. The van der Waals surface area contributed by atoms with Crippen LogP contribution in [-0.2, 0) is 6.42 Å². The molecule has 3 aliphatic rings. The SMILES string of the molecule is CC[C@]12CC[C@@H]3c4ccc(O)cc4CC[C@H]3[C@@H]1CC[C@H]2O. The highest BCUT2D eigenvalue weighted by Crippen LogP contribution is 2.62. The Labute approximate surface area is 127 Å². The van der Waals surface area contributed by atoms with Crippen molar-refractivity contribution in [3.05, 3.63) is 29.3 Å². The lowest BCUT2D eigenvalue weighted by molar-refractivity contribution is -0.0394. The Morgan fingerprint density at radius 3 is 2.86 bits per heavy atom. The topological polar surface area (TPSA) is 40.5 Å². The van der Waals surface area contributed by atoms with Crippen LogP contribution in [0, 0.1) is 17.3 Å². The minimum atomic E-state index is -0.0744. The molecular formula is C19H26O2. The molecule has 1 aromatic rings. The number of rotatable bonds is 1. The van der Waals surface area contributed by atoms with E-state index in [-0.39, 0.29) is 11.5 Å². The van der Waals surface area contributed by atoms with E-state index < -0.39 is 0 Å². The summed E-state index contributed by atoms with van der Waals surface area (Å²) in [5.74, 6) is 2.51. The molecule has 4 rings (SSSR count). The third kappa shape index (κ3) is 1.81. The Morgan fingerprint density at radius 2 is 2.05 bits per heavy atom. The summed E-state index contributed by atoms with van der Waals surface area (Å²) >= 11 is 0. The number of phenolic OH excluding ortho intramolecular Hbond substituents is 1. The number of fused-ring (bicyclic) bond motifs is 5. The van der Waals surface area contributed by atoms with E-state index in [0.717, 1.165) is 25.2 Å². The molecule has 0 bridgehead atoms. The second-order valence-corrected chi connectivity index (χ2v) is 7.52. The first-order chi connectivity index (χ1) is 10.2. The second-order valence-electron chi connectivity index (χ2n) is 7.52. The van der Waals surface area contributed by atoms with Crippen LogP contribution in [0.5, 0.6) is 5.75 Å². The number of aliphatic hydroxyl groups is 1. The monoisotopic (exact) mass is 286 g/mol. The molecule has 2 N–H and O–H groups in total. The van der Waals surface area contributed by atoms with Gasteiger partial charge in [-0.3, -0.25) is 0 Å². The van der Waals surface area contributed by atoms with Gasteiger partial charge in [0, 0.05) is 0 Å². The van der Waals surface area contributed by atoms with E-state index in [1.54, 1.807) is 0 Å². The molecular weight excluding hydrogens is 260 g/mol. The van der Waals surface area contributed by atoms with Crippen molar-refractivity contribution in [1.82, 2.24) is 0 Å². The average Bonchev–Trinajstić information content (AvgIpc) is 2.84. The summed E-state index contributed by atoms with van der Waals surface area (Å²) in [5.41, 5.74) is 3.05. The molecule has 3 aliphatic carbocycles. The molecule has 0 heterocycles. The lowest BCUT2D eigenvalue weighted by Crippen LogP contribution is -2.45. The van der Waals surface area contributed by atoms with E-state index in [1.165, 1.54) is 36.8 Å². The van der Waals surface area contributed by atoms with Crippen LogP contribution < -0.4 is 0 Å². The van der Waals surface area contributed by atoms with Gasteiger partial charge in [0.2, 0.25) is 0 Å². The van der Waals surface area contributed by atoms with Crippen molar-refractivity contribution in [2.75, 3.05) is 0 Å². The van der Waals surface area contributed by atoms with Crippen molar-refractivity contribution in [2.45, 2.75) is 63.9 Å². The van der Waals surface area contributed by atoms with Crippen molar-refractivity contribution >= 4 is 0 Å². The van der Waals surface area contributed by atoms with Crippen LogP contribution in [0.2, 0.25) is 0 Å². The Kier molecular flexibility index (Phi) is 3.08. The first kappa shape index (κ1) is 13.6. The van der Waals surface area contributed by atoms with Crippen molar-refractivity contribution in [1.29, 1.82) is 0 Å². The standard InChI is InChI=1S/C19H26O2/c1-2-19-10-9-15-14-6-4-13(20)11-12(14)3-5-16(15)17(19)7-8-18(19)21/h4,6,11,15-18,20-21H,2-3,5,7-10H2,1H3/t15-,16-,17+,18-,19+/m1/s1. The van der Waals surface area contributed by atoms with Gasteiger partial charge in [0.05, 0.1) is 6.10 Å². The summed E-state index contributed by atoms with van der Waals surface area (Å²) in [6, 6.07) is 5.98. The van der Waals surface area contributed by atoms with Gasteiger partial charge in [0.15, 0.2) is 0 Å². The van der Waals surface area contributed by atoms with E-state index in [0.29, 0.717) is 17.6 Å². The number of phenols is 1. The van der Waals surface area contributed by atoms with Crippen LogP contribution in [0.25, 0.3) is 0 Å². The zero-order valence-corrected chi connectivity index (χ0v) is 12.9. The normalized spacial score (nSPS) is 41.2. The van der Waals surface area contributed by atoms with Crippen molar-refractivity contribution in [2.24, 2.45) is 17.3 Å². The quantitative estimate of drug-likeness (QED) is 0.819. The molecule has 0 unspecified atom stereocenters. The van der Waals surface area contributed by atoms with Crippen LogP contribution in [0.1, 0.15) is 62.5 Å².